The Balaban J connectivity index is 1.70. The zero-order valence-corrected chi connectivity index (χ0v) is 46.9. The first-order valence-corrected chi connectivity index (χ1v) is 31.6. The largest absolute Gasteiger partial charge is 0.507 e. The van der Waals surface area contributed by atoms with Crippen molar-refractivity contribution in [2.45, 2.75) is 67.9 Å². The smallest absolute Gasteiger partial charge is 0.341 e. The average Bonchev–Trinajstić information content (AvgIpc) is 1.30. The molecule has 6 aromatic carbocycles. The van der Waals surface area contributed by atoms with Gasteiger partial charge in [0.2, 0.25) is 0 Å². The van der Waals surface area contributed by atoms with Gasteiger partial charge >= 0.3 is 17.9 Å². The number of hydrogen-bond donors (Lipinski definition) is 12. The number of benzene rings is 6. The summed E-state index contributed by atoms with van der Waals surface area (Å²) in [5.41, 5.74) is -7.78. The van der Waals surface area contributed by atoms with Crippen molar-refractivity contribution in [1.82, 2.24) is 0 Å². The molecule has 7 rings (SSSR count). The first kappa shape index (κ1) is 63.6. The van der Waals surface area contributed by atoms with E-state index >= 15 is 0 Å². The molecule has 0 radical (unpaired) electrons. The molecular weight excluding hydrogens is 1250 g/mol. The van der Waals surface area contributed by atoms with Crippen molar-refractivity contribution < 1.29 is 137 Å². The van der Waals surface area contributed by atoms with Gasteiger partial charge in [-0.25, -0.2) is 14.4 Å². The summed E-state index contributed by atoms with van der Waals surface area (Å²) in [4.78, 5) is 29.5. The molecule has 6 aromatic rings. The van der Waals surface area contributed by atoms with E-state index in [0.29, 0.717) is 72.8 Å². The maximum atomic E-state index is 13.0. The van der Waals surface area contributed by atoms with Gasteiger partial charge < -0.3 is 44.8 Å². The quantitative estimate of drug-likeness (QED) is 0.0656. The molecule has 0 aromatic heterocycles. The molecule has 36 heteroatoms. The van der Waals surface area contributed by atoms with Crippen LogP contribution in [0.1, 0.15) is 66.8 Å². The Morgan fingerprint density at radius 2 is 0.417 bits per heavy atom. The third-order valence-electron chi connectivity index (χ3n) is 12.5. The number of carboxylic acids is 3. The summed E-state index contributed by atoms with van der Waals surface area (Å²) in [5, 5.41) is 65.3. The van der Waals surface area contributed by atoms with Crippen molar-refractivity contribution in [2.75, 3.05) is 19.8 Å². The monoisotopic (exact) mass is 1290 g/mol. The van der Waals surface area contributed by atoms with Gasteiger partial charge in [0.05, 0.1) is 29.4 Å². The molecule has 0 fully saturated rings. The van der Waals surface area contributed by atoms with Gasteiger partial charge in [-0.2, -0.15) is 50.5 Å². The van der Waals surface area contributed by atoms with Gasteiger partial charge in [-0.3, -0.25) is 27.3 Å². The summed E-state index contributed by atoms with van der Waals surface area (Å²) < 4.78 is 235. The minimum atomic E-state index is -5.44. The normalized spacial score (nSPS) is 13.5. The van der Waals surface area contributed by atoms with Crippen LogP contribution in [0.15, 0.2) is 102 Å². The number of carbonyl (C=O) groups is 3. The highest BCUT2D eigenvalue weighted by Gasteiger charge is 2.30. The number of carboxylic acid groups (broad SMARTS) is 3. The fourth-order valence-corrected chi connectivity index (χ4v) is 12.5. The van der Waals surface area contributed by atoms with Crippen LogP contribution >= 0.6 is 0 Å². The molecule has 0 aliphatic heterocycles. The molecule has 0 saturated heterocycles. The van der Waals surface area contributed by atoms with Gasteiger partial charge in [-0.05, 0) is 72.8 Å². The van der Waals surface area contributed by atoms with Gasteiger partial charge in [-0.1, -0.05) is 0 Å². The minimum Gasteiger partial charge on any atom is -0.507 e. The molecule has 12 N–H and O–H groups in total. The first-order chi connectivity index (χ1) is 38.6. The summed E-state index contributed by atoms with van der Waals surface area (Å²) in [5.74, 6) is -10.5. The molecule has 0 amide bonds. The Bertz CT molecular complexity index is 3900. The van der Waals surface area contributed by atoms with E-state index < -0.39 is 268 Å². The molecular formula is C48H42O30S6. The van der Waals surface area contributed by atoms with E-state index in [1.807, 2.05) is 0 Å². The lowest BCUT2D eigenvalue weighted by Gasteiger charge is -2.21. The number of aliphatic carboxylic acids is 3. The summed E-state index contributed by atoms with van der Waals surface area (Å²) in [6.07, 6.45) is -6.30. The molecule has 450 valence electrons. The maximum Gasteiger partial charge on any atom is 0.341 e. The van der Waals surface area contributed by atoms with Gasteiger partial charge in [0.25, 0.3) is 60.7 Å². The molecule has 1 aliphatic rings. The van der Waals surface area contributed by atoms with E-state index in [4.69, 9.17) is 14.2 Å². The Morgan fingerprint density at radius 3 is 0.536 bits per heavy atom. The second kappa shape index (κ2) is 23.2. The Hall–Kier alpha value is -8.01. The lowest BCUT2D eigenvalue weighted by Crippen LogP contribution is -2.15. The molecule has 84 heavy (non-hydrogen) atoms. The van der Waals surface area contributed by atoms with Crippen molar-refractivity contribution >= 4 is 78.6 Å². The van der Waals surface area contributed by atoms with Gasteiger partial charge in [0.1, 0.15) is 34.5 Å². The lowest BCUT2D eigenvalue weighted by atomic mass is 9.91. The van der Waals surface area contributed by atoms with Gasteiger partial charge in [-0.15, -0.1) is 0 Å². The van der Waals surface area contributed by atoms with Crippen molar-refractivity contribution in [3.8, 4) is 34.5 Å². The van der Waals surface area contributed by atoms with Crippen LogP contribution in [0.3, 0.4) is 0 Å². The minimum absolute atomic E-state index is 0.577. The molecule has 12 bridgehead atoms. The first-order valence-electron chi connectivity index (χ1n) is 23.0. The third kappa shape index (κ3) is 14.8. The van der Waals surface area contributed by atoms with E-state index in [9.17, 15) is 123 Å². The zero-order valence-electron chi connectivity index (χ0n) is 42.0. The highest BCUT2D eigenvalue weighted by atomic mass is 32.2. The zero-order chi connectivity index (χ0) is 62.6. The molecule has 1 aliphatic carbocycles. The highest BCUT2D eigenvalue weighted by molar-refractivity contribution is 7.87. The van der Waals surface area contributed by atoms with Crippen LogP contribution in [0.4, 0.5) is 0 Å². The second-order valence-corrected chi connectivity index (χ2v) is 27.0. The van der Waals surface area contributed by atoms with Crippen molar-refractivity contribution in [1.29, 1.82) is 0 Å². The van der Waals surface area contributed by atoms with Crippen molar-refractivity contribution in [2.24, 2.45) is 0 Å². The average molecular weight is 1290 g/mol. The fourth-order valence-electron chi connectivity index (χ4n) is 9.03. The van der Waals surface area contributed by atoms with Crippen LogP contribution in [0, 0.1) is 0 Å². The van der Waals surface area contributed by atoms with E-state index in [2.05, 4.69) is 0 Å². The van der Waals surface area contributed by atoms with E-state index in [0.717, 1.165) is 0 Å². The van der Waals surface area contributed by atoms with Crippen molar-refractivity contribution in [3.05, 3.63) is 140 Å². The fraction of sp³-hybridized carbons (Fsp3) is 0.188. The topological polar surface area (TPSA) is 526 Å². The number of ether oxygens (including phenoxy) is 3. The number of phenolic OH excluding ortho intramolecular Hbond substituents is 3. The maximum absolute atomic E-state index is 13.0. The Morgan fingerprint density at radius 1 is 0.286 bits per heavy atom. The van der Waals surface area contributed by atoms with Crippen LogP contribution in [0.2, 0.25) is 0 Å². The number of rotatable bonds is 15. The number of fused-ring (bicyclic) bond motifs is 12. The molecule has 0 spiro atoms. The van der Waals surface area contributed by atoms with E-state index in [1.165, 1.54) is 0 Å². The summed E-state index contributed by atoms with van der Waals surface area (Å²) in [6.45, 7) is -3.98. The number of phenols is 3. The van der Waals surface area contributed by atoms with Gasteiger partial charge in [0, 0.05) is 105 Å². The third-order valence-corrected chi connectivity index (χ3v) is 17.5. The predicted molar refractivity (Wildman–Crippen MR) is 279 cm³/mol. The van der Waals surface area contributed by atoms with Crippen LogP contribution in [-0.4, -0.2) is 146 Å². The second-order valence-electron chi connectivity index (χ2n) is 18.4. The van der Waals surface area contributed by atoms with Crippen LogP contribution in [0.25, 0.3) is 0 Å². The van der Waals surface area contributed by atoms with Gasteiger partial charge in [0.15, 0.2) is 19.8 Å². The van der Waals surface area contributed by atoms with E-state index in [1.54, 1.807) is 0 Å². The molecule has 0 saturated carbocycles. The van der Waals surface area contributed by atoms with Crippen LogP contribution in [-0.2, 0) is 114 Å². The lowest BCUT2D eigenvalue weighted by molar-refractivity contribution is -0.140. The Kier molecular flexibility index (Phi) is 17.6. The standard InChI is InChI=1S/C48H42O30S6/c49-40(50)19-76-46-28-1-22-7-34(79(58,59)60)8-23(43(22)55)2-30-15-38(83(70,71)72)16-31(47(30)77-20-41(51)52)5-26-11-36(81(64,65)66)12-27(45(26)57)6-33-18-39(84(73,74)75)17-32(48(33)78-21-42(53)54)4-25-10-35(80(61,62)63)9-24(44(25)56)3-29(46)14-37(13-28)82(67,68)69/h7-18,55-57H,1-6,19-21H2,(H,49,50)(H,51,52)(H,53,54)(H,58,59,60)(H,61,62,63)(H,64,65,66)(H,67,68,69)(H,70,71,72)(H,73,74,75). The Labute approximate surface area is 474 Å². The summed E-state index contributed by atoms with van der Waals surface area (Å²) in [6, 6.07) is 7.10. The summed E-state index contributed by atoms with van der Waals surface area (Å²) >= 11 is 0. The predicted octanol–water partition coefficient (Wildman–Crippen LogP) is 2.53. The number of aromatic hydroxyl groups is 3. The molecule has 0 atom stereocenters. The SMILES string of the molecule is O=C(O)COc1c2cc(S(=O)(=O)O)cc1Cc1cc(S(=O)(=O)O)cc(c1O)Cc1cc(S(=O)(=O)O)cc(c1OCC(=O)O)Cc1cc(S(=O)(=O)O)cc(c1O)Cc1cc(S(=O)(=O)O)cc(c1OCC(=O)O)Cc1cc(S(=O)(=O)O)cc(c1O)C2. The molecule has 0 heterocycles. The summed E-state index contributed by atoms with van der Waals surface area (Å²) in [7, 11) is -32.6. The number of hydrogen-bond acceptors (Lipinski definition) is 21. The van der Waals surface area contributed by atoms with Crippen LogP contribution < -0.4 is 14.2 Å². The van der Waals surface area contributed by atoms with E-state index in [-0.39, 0.29) is 0 Å². The van der Waals surface area contributed by atoms with Crippen LogP contribution in [0.5, 0.6) is 34.5 Å². The molecule has 0 unspecified atom stereocenters. The van der Waals surface area contributed by atoms with Crippen molar-refractivity contribution in [3.63, 3.8) is 0 Å². The molecule has 30 nitrogen and oxygen atoms in total. The highest BCUT2D eigenvalue weighted by Crippen LogP contribution is 2.43.